The molecule has 62 valence electrons. The van der Waals surface area contributed by atoms with Gasteiger partial charge in [-0.05, 0) is 6.92 Å². The molecule has 0 aliphatic heterocycles. The van der Waals surface area contributed by atoms with Gasteiger partial charge in [0, 0.05) is 5.57 Å². The van der Waals surface area contributed by atoms with Gasteiger partial charge in [-0.3, -0.25) is 0 Å². The van der Waals surface area contributed by atoms with Gasteiger partial charge in [-0.15, -0.1) is 0 Å². The normalized spacial score (nSPS) is 12.1. The highest BCUT2D eigenvalue weighted by Crippen LogP contribution is 2.14. The van der Waals surface area contributed by atoms with Crippen LogP contribution in [0, 0.1) is 0 Å². The van der Waals surface area contributed by atoms with Crippen LogP contribution in [0.2, 0.25) is 0 Å². The summed E-state index contributed by atoms with van der Waals surface area (Å²) >= 11 is 0. The Labute approximate surface area is 67.6 Å². The van der Waals surface area contributed by atoms with Crippen LogP contribution in [-0.2, 0) is 9.53 Å². The van der Waals surface area contributed by atoms with Crippen LogP contribution in [0.25, 0.3) is 0 Å². The molecule has 0 aromatic rings. The molecule has 0 bridgehead atoms. The Morgan fingerprint density at radius 1 is 1.45 bits per heavy atom. The fourth-order valence-corrected chi connectivity index (χ4v) is 0.176. The van der Waals surface area contributed by atoms with Crippen molar-refractivity contribution >= 4 is 5.97 Å². The van der Waals surface area contributed by atoms with Gasteiger partial charge in [0.1, 0.15) is 0 Å². The summed E-state index contributed by atoms with van der Waals surface area (Å²) in [5.41, 5.74) is 0.380. The minimum Gasteiger partial charge on any atom is -0.432 e. The highest BCUT2D eigenvalue weighted by molar-refractivity contribution is 5.87. The minimum atomic E-state index is -0.431. The second-order valence-electron chi connectivity index (χ2n) is 2.41. The maximum atomic E-state index is 10.3. The maximum absolute atomic E-state index is 10.3. The summed E-state index contributed by atoms with van der Waals surface area (Å²) in [5.74, 6) is -0.431. The van der Waals surface area contributed by atoms with E-state index in [9.17, 15) is 4.79 Å². The monoisotopic (exact) mass is 154 g/mol. The van der Waals surface area contributed by atoms with Crippen molar-refractivity contribution in [1.82, 2.24) is 0 Å². The standard InChI is InChI=1S/C6H8O2.C3H6/c1-4-8-6(7)5(2)3;1-2-3-1/h4H,1-2H2,3H3;1-3H2. The molecule has 0 radical (unpaired) electrons. The van der Waals surface area contributed by atoms with E-state index in [2.05, 4.69) is 17.9 Å². The molecule has 1 fully saturated rings. The summed E-state index contributed by atoms with van der Waals surface area (Å²) in [6.07, 6.45) is 5.58. The molecule has 2 nitrogen and oxygen atoms in total. The largest absolute Gasteiger partial charge is 0.432 e. The first-order valence-corrected chi connectivity index (χ1v) is 3.66. The first-order chi connectivity index (χ1) is 5.18. The first kappa shape index (κ1) is 9.95. The molecule has 1 aliphatic rings. The van der Waals surface area contributed by atoms with Gasteiger partial charge < -0.3 is 4.74 Å². The second-order valence-corrected chi connectivity index (χ2v) is 2.41. The highest BCUT2D eigenvalue weighted by atomic mass is 16.5. The van der Waals surface area contributed by atoms with Crippen LogP contribution in [0.4, 0.5) is 0 Å². The van der Waals surface area contributed by atoms with E-state index in [1.54, 1.807) is 6.92 Å². The molecule has 1 saturated carbocycles. The van der Waals surface area contributed by atoms with E-state index in [4.69, 9.17) is 0 Å². The molecular formula is C9H14O2. The molecule has 0 aromatic carbocycles. The van der Waals surface area contributed by atoms with Gasteiger partial charge in [0.05, 0.1) is 6.26 Å². The summed E-state index contributed by atoms with van der Waals surface area (Å²) < 4.78 is 4.33. The molecule has 0 saturated heterocycles. The van der Waals surface area contributed by atoms with E-state index < -0.39 is 5.97 Å². The summed E-state index contributed by atoms with van der Waals surface area (Å²) in [5, 5.41) is 0. The van der Waals surface area contributed by atoms with Crippen LogP contribution >= 0.6 is 0 Å². The lowest BCUT2D eigenvalue weighted by Crippen LogP contribution is -1.98. The lowest BCUT2D eigenvalue weighted by atomic mass is 10.4. The lowest BCUT2D eigenvalue weighted by molar-refractivity contribution is -0.133. The number of carbonyl (C=O) groups is 1. The van der Waals surface area contributed by atoms with Crippen LogP contribution in [-0.4, -0.2) is 5.97 Å². The van der Waals surface area contributed by atoms with Gasteiger partial charge in [-0.1, -0.05) is 32.4 Å². The fourth-order valence-electron chi connectivity index (χ4n) is 0.176. The van der Waals surface area contributed by atoms with E-state index in [1.807, 2.05) is 0 Å². The Balaban J connectivity index is 0.000000271. The number of hydrogen-bond donors (Lipinski definition) is 0. The molecule has 0 amide bonds. The van der Waals surface area contributed by atoms with Crippen molar-refractivity contribution < 1.29 is 9.53 Å². The minimum absolute atomic E-state index is 0.380. The highest BCUT2D eigenvalue weighted by Gasteiger charge is 1.97. The van der Waals surface area contributed by atoms with Gasteiger partial charge in [-0.2, -0.15) is 0 Å². The van der Waals surface area contributed by atoms with Crippen LogP contribution in [0.15, 0.2) is 25.0 Å². The summed E-state index contributed by atoms with van der Waals surface area (Å²) in [4.78, 5) is 10.3. The Morgan fingerprint density at radius 3 is 2.00 bits per heavy atom. The summed E-state index contributed by atoms with van der Waals surface area (Å²) in [7, 11) is 0. The van der Waals surface area contributed by atoms with Crippen molar-refractivity contribution in [3.63, 3.8) is 0 Å². The molecule has 0 aromatic heterocycles. The zero-order chi connectivity index (χ0) is 8.69. The molecule has 0 atom stereocenters. The van der Waals surface area contributed by atoms with Crippen LogP contribution in [0.1, 0.15) is 26.2 Å². The van der Waals surface area contributed by atoms with Gasteiger partial charge in [0.15, 0.2) is 0 Å². The van der Waals surface area contributed by atoms with Crippen molar-refractivity contribution in [1.29, 1.82) is 0 Å². The summed E-state index contributed by atoms with van der Waals surface area (Å²) in [6, 6.07) is 0. The van der Waals surface area contributed by atoms with Crippen molar-refractivity contribution in [3.8, 4) is 0 Å². The van der Waals surface area contributed by atoms with Gasteiger partial charge in [-0.25, -0.2) is 4.79 Å². The zero-order valence-corrected chi connectivity index (χ0v) is 6.93. The third-order valence-electron chi connectivity index (χ3n) is 0.892. The Bertz CT molecular complexity index is 154. The van der Waals surface area contributed by atoms with Crippen molar-refractivity contribution in [2.45, 2.75) is 26.2 Å². The molecule has 1 aliphatic carbocycles. The van der Waals surface area contributed by atoms with Crippen molar-refractivity contribution in [3.05, 3.63) is 25.0 Å². The number of carbonyl (C=O) groups excluding carboxylic acids is 1. The Morgan fingerprint density at radius 2 is 1.91 bits per heavy atom. The quantitative estimate of drug-likeness (QED) is 0.347. The van der Waals surface area contributed by atoms with E-state index in [1.165, 1.54) is 19.3 Å². The Kier molecular flexibility index (Phi) is 5.17. The topological polar surface area (TPSA) is 26.3 Å². The number of esters is 1. The molecule has 0 unspecified atom stereocenters. The predicted octanol–water partition coefficient (Wildman–Crippen LogP) is 2.42. The number of ether oxygens (including phenoxy) is 1. The Hall–Kier alpha value is -1.05. The average Bonchev–Trinajstić information content (AvgIpc) is 2.72. The number of hydrogen-bond acceptors (Lipinski definition) is 2. The second kappa shape index (κ2) is 5.71. The van der Waals surface area contributed by atoms with E-state index in [0.29, 0.717) is 5.57 Å². The predicted molar refractivity (Wildman–Crippen MR) is 45.0 cm³/mol. The van der Waals surface area contributed by atoms with E-state index in [-0.39, 0.29) is 0 Å². The van der Waals surface area contributed by atoms with Gasteiger partial charge in [0.2, 0.25) is 0 Å². The third-order valence-corrected chi connectivity index (χ3v) is 0.892. The average molecular weight is 154 g/mol. The van der Waals surface area contributed by atoms with E-state index in [0.717, 1.165) is 6.26 Å². The maximum Gasteiger partial charge on any atom is 0.337 e. The fraction of sp³-hybridized carbons (Fsp3) is 0.444. The van der Waals surface area contributed by atoms with Crippen molar-refractivity contribution in [2.75, 3.05) is 0 Å². The zero-order valence-electron chi connectivity index (χ0n) is 6.93. The van der Waals surface area contributed by atoms with Gasteiger partial charge in [0.25, 0.3) is 0 Å². The van der Waals surface area contributed by atoms with Crippen LogP contribution in [0.5, 0.6) is 0 Å². The van der Waals surface area contributed by atoms with Crippen molar-refractivity contribution in [2.24, 2.45) is 0 Å². The molecule has 1 rings (SSSR count). The molecule has 0 N–H and O–H groups in total. The smallest absolute Gasteiger partial charge is 0.337 e. The van der Waals surface area contributed by atoms with E-state index >= 15 is 0 Å². The third kappa shape index (κ3) is 8.95. The molecular weight excluding hydrogens is 140 g/mol. The summed E-state index contributed by atoms with van der Waals surface area (Å²) in [6.45, 7) is 8.13. The number of rotatable bonds is 2. The molecule has 11 heavy (non-hydrogen) atoms. The SMILES string of the molecule is C1CC1.C=COC(=O)C(=C)C. The van der Waals surface area contributed by atoms with Crippen LogP contribution < -0.4 is 0 Å². The molecule has 0 spiro atoms. The van der Waals surface area contributed by atoms with Crippen LogP contribution in [0.3, 0.4) is 0 Å². The first-order valence-electron chi connectivity index (χ1n) is 3.66. The molecule has 2 heteroatoms. The molecule has 0 heterocycles. The lowest BCUT2D eigenvalue weighted by Gasteiger charge is -1.92. The van der Waals surface area contributed by atoms with Gasteiger partial charge >= 0.3 is 5.97 Å².